The van der Waals surface area contributed by atoms with Crippen LogP contribution >= 0.6 is 0 Å². The van der Waals surface area contributed by atoms with Gasteiger partial charge in [0.2, 0.25) is 0 Å². The number of nitrogens with two attached hydrogens (primary N) is 1. The van der Waals surface area contributed by atoms with Gasteiger partial charge in [-0.2, -0.15) is 0 Å². The van der Waals surface area contributed by atoms with Gasteiger partial charge in [-0.15, -0.1) is 0 Å². The van der Waals surface area contributed by atoms with E-state index < -0.39 is 0 Å². The zero-order valence-corrected chi connectivity index (χ0v) is 12.3. The van der Waals surface area contributed by atoms with Gasteiger partial charge in [-0.3, -0.25) is 0 Å². The first kappa shape index (κ1) is 14.2. The monoisotopic (exact) mass is 293 g/mol. The highest BCUT2D eigenvalue weighted by Gasteiger charge is 1.98. The number of ether oxygens (including phenoxy) is 1. The molecule has 112 valence electrons. The van der Waals surface area contributed by atoms with E-state index in [1.54, 1.807) is 12.3 Å². The number of rotatable bonds is 6. The Kier molecular flexibility index (Phi) is 4.39. The fraction of sp³-hybridized carbons (Fsp3) is 0.167. The lowest BCUT2D eigenvalue weighted by molar-refractivity contribution is 0.315. The molecular formula is C18H19N3O. The molecule has 4 nitrogen and oxygen atoms in total. The Hall–Kier alpha value is -2.75. The number of nitrogen functional groups attached to an aromatic ring is 1. The average molecular weight is 293 g/mol. The van der Waals surface area contributed by atoms with Gasteiger partial charge in [0.25, 0.3) is 0 Å². The molecule has 3 aromatic rings. The summed E-state index contributed by atoms with van der Waals surface area (Å²) in [4.78, 5) is 4.20. The van der Waals surface area contributed by atoms with Crippen molar-refractivity contribution in [1.29, 1.82) is 0 Å². The number of fused-ring (bicyclic) bond motifs is 1. The molecule has 4 heteroatoms. The van der Waals surface area contributed by atoms with Crippen molar-refractivity contribution in [3.8, 4) is 5.75 Å². The minimum atomic E-state index is 0.660. The van der Waals surface area contributed by atoms with Gasteiger partial charge in [0, 0.05) is 24.5 Å². The van der Waals surface area contributed by atoms with E-state index in [2.05, 4.69) is 34.6 Å². The topological polar surface area (TPSA) is 60.2 Å². The molecular weight excluding hydrogens is 274 g/mol. The van der Waals surface area contributed by atoms with E-state index in [4.69, 9.17) is 10.5 Å². The molecule has 0 bridgehead atoms. The second-order valence-corrected chi connectivity index (χ2v) is 5.11. The quantitative estimate of drug-likeness (QED) is 0.680. The second-order valence-electron chi connectivity index (χ2n) is 5.11. The Morgan fingerprint density at radius 2 is 1.86 bits per heavy atom. The van der Waals surface area contributed by atoms with Crippen LogP contribution in [-0.4, -0.2) is 18.1 Å². The van der Waals surface area contributed by atoms with E-state index in [-0.39, 0.29) is 0 Å². The summed E-state index contributed by atoms with van der Waals surface area (Å²) in [7, 11) is 0. The van der Waals surface area contributed by atoms with Crippen LogP contribution in [0.15, 0.2) is 60.8 Å². The summed E-state index contributed by atoms with van der Waals surface area (Å²) in [6.07, 6.45) is 2.59. The van der Waals surface area contributed by atoms with Gasteiger partial charge in [-0.25, -0.2) is 4.98 Å². The van der Waals surface area contributed by atoms with Gasteiger partial charge in [0.05, 0.1) is 6.61 Å². The smallest absolute Gasteiger partial charge is 0.127 e. The highest BCUT2D eigenvalue weighted by molar-refractivity contribution is 5.83. The van der Waals surface area contributed by atoms with Crippen LogP contribution in [0.1, 0.15) is 6.42 Å². The van der Waals surface area contributed by atoms with Crippen LogP contribution in [0.5, 0.6) is 5.75 Å². The van der Waals surface area contributed by atoms with E-state index in [0.717, 1.165) is 24.5 Å². The number of hydrogen-bond donors (Lipinski definition) is 2. The van der Waals surface area contributed by atoms with Crippen molar-refractivity contribution in [2.75, 3.05) is 24.2 Å². The molecule has 0 aliphatic carbocycles. The molecule has 0 unspecified atom stereocenters. The first-order chi connectivity index (χ1) is 10.8. The molecule has 0 atom stereocenters. The van der Waals surface area contributed by atoms with Crippen LogP contribution in [0.2, 0.25) is 0 Å². The molecule has 0 amide bonds. The number of hydrogen-bond acceptors (Lipinski definition) is 4. The summed E-state index contributed by atoms with van der Waals surface area (Å²) in [5.41, 5.74) is 6.42. The summed E-state index contributed by atoms with van der Waals surface area (Å²) >= 11 is 0. The molecule has 2 aromatic carbocycles. The van der Waals surface area contributed by atoms with E-state index in [9.17, 15) is 0 Å². The number of pyridine rings is 1. The predicted molar refractivity (Wildman–Crippen MR) is 91.2 cm³/mol. The summed E-state index contributed by atoms with van der Waals surface area (Å²) in [6.45, 7) is 1.46. The van der Waals surface area contributed by atoms with Crippen molar-refractivity contribution in [3.05, 3.63) is 60.8 Å². The number of benzene rings is 2. The van der Waals surface area contributed by atoms with Crippen LogP contribution in [0.3, 0.4) is 0 Å². The van der Waals surface area contributed by atoms with Gasteiger partial charge in [0.15, 0.2) is 0 Å². The fourth-order valence-corrected chi connectivity index (χ4v) is 2.28. The third-order valence-electron chi connectivity index (χ3n) is 3.40. The van der Waals surface area contributed by atoms with Crippen LogP contribution in [0.4, 0.5) is 11.5 Å². The third-order valence-corrected chi connectivity index (χ3v) is 3.40. The van der Waals surface area contributed by atoms with Gasteiger partial charge in [-0.1, -0.05) is 30.3 Å². The summed E-state index contributed by atoms with van der Waals surface area (Å²) in [5.74, 6) is 1.70. The van der Waals surface area contributed by atoms with Crippen LogP contribution < -0.4 is 15.8 Å². The third kappa shape index (κ3) is 3.67. The van der Waals surface area contributed by atoms with E-state index >= 15 is 0 Å². The maximum Gasteiger partial charge on any atom is 0.127 e. The summed E-state index contributed by atoms with van der Waals surface area (Å²) in [5, 5.41) is 5.65. The van der Waals surface area contributed by atoms with Gasteiger partial charge < -0.3 is 15.8 Å². The van der Waals surface area contributed by atoms with Crippen LogP contribution in [0.25, 0.3) is 10.8 Å². The van der Waals surface area contributed by atoms with Crippen molar-refractivity contribution >= 4 is 22.3 Å². The SMILES string of the molecule is Nc1ccnc(NCCCOc2ccc3ccccc3c2)c1. The highest BCUT2D eigenvalue weighted by Crippen LogP contribution is 2.20. The Bertz CT molecular complexity index is 758. The second kappa shape index (κ2) is 6.80. The molecule has 0 spiro atoms. The minimum Gasteiger partial charge on any atom is -0.494 e. The summed E-state index contributed by atoms with van der Waals surface area (Å²) in [6, 6.07) is 18.0. The molecule has 1 heterocycles. The van der Waals surface area contributed by atoms with E-state index in [1.807, 2.05) is 24.3 Å². The molecule has 0 saturated carbocycles. The zero-order chi connectivity index (χ0) is 15.2. The maximum absolute atomic E-state index is 5.79. The number of nitrogens with one attached hydrogen (secondary N) is 1. The lowest BCUT2D eigenvalue weighted by Gasteiger charge is -2.09. The molecule has 22 heavy (non-hydrogen) atoms. The number of aromatic nitrogens is 1. The lowest BCUT2D eigenvalue weighted by atomic mass is 10.1. The summed E-state index contributed by atoms with van der Waals surface area (Å²) < 4.78 is 5.79. The first-order valence-corrected chi connectivity index (χ1v) is 7.38. The molecule has 1 aromatic heterocycles. The molecule has 3 N–H and O–H groups in total. The van der Waals surface area contributed by atoms with Crippen LogP contribution in [0, 0.1) is 0 Å². The molecule has 0 aliphatic heterocycles. The molecule has 0 radical (unpaired) electrons. The van der Waals surface area contributed by atoms with Crippen molar-refractivity contribution < 1.29 is 4.74 Å². The predicted octanol–water partition coefficient (Wildman–Crippen LogP) is 3.70. The Labute approximate surface area is 129 Å². The normalized spacial score (nSPS) is 10.5. The van der Waals surface area contributed by atoms with Crippen molar-refractivity contribution in [2.45, 2.75) is 6.42 Å². The van der Waals surface area contributed by atoms with Crippen molar-refractivity contribution in [1.82, 2.24) is 4.98 Å². The van der Waals surface area contributed by atoms with Crippen molar-refractivity contribution in [3.63, 3.8) is 0 Å². The number of anilines is 2. The Morgan fingerprint density at radius 1 is 1.00 bits per heavy atom. The average Bonchev–Trinajstić information content (AvgIpc) is 2.54. The van der Waals surface area contributed by atoms with Crippen LogP contribution in [-0.2, 0) is 0 Å². The first-order valence-electron chi connectivity index (χ1n) is 7.38. The number of nitrogens with zero attached hydrogens (tertiary/aromatic N) is 1. The molecule has 0 saturated heterocycles. The van der Waals surface area contributed by atoms with Gasteiger partial charge >= 0.3 is 0 Å². The lowest BCUT2D eigenvalue weighted by Crippen LogP contribution is -2.08. The largest absolute Gasteiger partial charge is 0.494 e. The standard InChI is InChI=1S/C18H19N3O/c19-16-8-10-21-18(13-16)20-9-3-11-22-17-7-6-14-4-1-2-5-15(14)12-17/h1-2,4-8,10,12-13H,3,9,11H2,(H3,19,20,21). The van der Waals surface area contributed by atoms with E-state index in [0.29, 0.717) is 12.3 Å². The van der Waals surface area contributed by atoms with Crippen molar-refractivity contribution in [2.24, 2.45) is 0 Å². The van der Waals surface area contributed by atoms with E-state index in [1.165, 1.54) is 10.8 Å². The Balaban J connectivity index is 1.46. The van der Waals surface area contributed by atoms with Gasteiger partial charge in [-0.05, 0) is 35.4 Å². The highest BCUT2D eigenvalue weighted by atomic mass is 16.5. The Morgan fingerprint density at radius 3 is 2.73 bits per heavy atom. The minimum absolute atomic E-state index is 0.660. The van der Waals surface area contributed by atoms with Gasteiger partial charge in [0.1, 0.15) is 11.6 Å². The maximum atomic E-state index is 5.79. The molecule has 0 fully saturated rings. The fourth-order valence-electron chi connectivity index (χ4n) is 2.28. The molecule has 3 rings (SSSR count). The molecule has 0 aliphatic rings. The zero-order valence-electron chi connectivity index (χ0n) is 12.3.